The maximum atomic E-state index is 9.02. The van der Waals surface area contributed by atoms with Gasteiger partial charge in [0.2, 0.25) is 0 Å². The number of aliphatic hydroxyl groups excluding tert-OH is 1. The molecule has 0 fully saturated rings. The molecule has 3 nitrogen and oxygen atoms in total. The van der Waals surface area contributed by atoms with Gasteiger partial charge in [0.15, 0.2) is 8.46 Å². The minimum absolute atomic E-state index is 0.196. The Labute approximate surface area is 80.2 Å². The van der Waals surface area contributed by atoms with E-state index in [0.29, 0.717) is 0 Å². The van der Waals surface area contributed by atoms with E-state index in [9.17, 15) is 0 Å². The fourth-order valence-electron chi connectivity index (χ4n) is 0.726. The van der Waals surface area contributed by atoms with E-state index in [2.05, 4.69) is 17.0 Å². The summed E-state index contributed by atoms with van der Waals surface area (Å²) in [6.45, 7) is 0. The predicted molar refractivity (Wildman–Crippen MR) is 55.5 cm³/mol. The van der Waals surface area contributed by atoms with Crippen LogP contribution in [0.2, 0.25) is 0 Å². The first-order valence-electron chi connectivity index (χ1n) is 3.84. The quantitative estimate of drug-likeness (QED) is 0.740. The average Bonchev–Trinajstić information content (AvgIpc) is 2.19. The molecule has 1 rings (SSSR count). The van der Waals surface area contributed by atoms with Crippen LogP contribution in [0.4, 0.5) is 5.69 Å². The van der Waals surface area contributed by atoms with Crippen LogP contribution in [0.15, 0.2) is 30.3 Å². The number of hydrogen-bond donors (Lipinski definition) is 1. The average molecular weight is 199 g/mol. The lowest BCUT2D eigenvalue weighted by Crippen LogP contribution is -2.07. The zero-order chi connectivity index (χ0) is 10.1. The monoisotopic (exact) mass is 199 g/mol. The van der Waals surface area contributed by atoms with Crippen LogP contribution in [0.25, 0.3) is 0 Å². The molecule has 0 aliphatic heterocycles. The highest BCUT2D eigenvalue weighted by Gasteiger charge is 1.87. The van der Waals surface area contributed by atoms with Crippen LogP contribution in [-0.2, 0) is 4.57 Å². The van der Waals surface area contributed by atoms with Crippen molar-refractivity contribution in [3.8, 4) is 0 Å². The van der Waals surface area contributed by atoms with Gasteiger partial charge < -0.3 is 10.0 Å². The lowest BCUT2D eigenvalue weighted by Gasteiger charge is -2.10. The van der Waals surface area contributed by atoms with Crippen molar-refractivity contribution < 1.29 is 9.67 Å². The number of benzene rings is 1. The Morgan fingerprint density at radius 2 is 1.77 bits per heavy atom. The lowest BCUT2D eigenvalue weighted by molar-refractivity contribution is 0.366. The largest absolute Gasteiger partial charge is 0.384 e. The summed E-state index contributed by atoms with van der Waals surface area (Å²) >= 11 is 0. The summed E-state index contributed by atoms with van der Waals surface area (Å²) in [7, 11) is 3.88. The summed E-state index contributed by atoms with van der Waals surface area (Å²) in [5, 5.41) is 7.55. The van der Waals surface area contributed by atoms with Gasteiger partial charge in [-0.2, -0.15) is 0 Å². The Balaban J connectivity index is 0.000000310. The number of aliphatic hydroxyl groups is 1. The second-order valence-corrected chi connectivity index (χ2v) is 3.04. The molecule has 1 aromatic rings. The molecule has 0 bridgehead atoms. The van der Waals surface area contributed by atoms with Crippen LogP contribution in [0.1, 0.15) is 0 Å². The summed E-state index contributed by atoms with van der Waals surface area (Å²) < 4.78 is 9.02. The molecule has 0 atom stereocenters. The van der Waals surface area contributed by atoms with Crippen molar-refractivity contribution in [1.82, 2.24) is 0 Å². The number of anilines is 1. The SMILES string of the molecule is CN(C)c1ccccc1.O=PCO. The summed E-state index contributed by atoms with van der Waals surface area (Å²) in [5.41, 5.74) is 1.25. The second kappa shape index (κ2) is 7.71. The van der Waals surface area contributed by atoms with E-state index in [-0.39, 0.29) is 14.8 Å². The van der Waals surface area contributed by atoms with Crippen molar-refractivity contribution in [1.29, 1.82) is 0 Å². The van der Waals surface area contributed by atoms with Crippen LogP contribution >= 0.6 is 8.46 Å². The van der Waals surface area contributed by atoms with E-state index in [0.717, 1.165) is 0 Å². The number of para-hydroxylation sites is 1. The fourth-order valence-corrected chi connectivity index (χ4v) is 0.726. The second-order valence-electron chi connectivity index (χ2n) is 2.50. The molecule has 0 heterocycles. The molecule has 1 N–H and O–H groups in total. The smallest absolute Gasteiger partial charge is 0.183 e. The first kappa shape index (κ1) is 12.1. The number of nitrogens with zero attached hydrogens (tertiary/aromatic N) is 1. The molecule has 0 unspecified atom stereocenters. The van der Waals surface area contributed by atoms with E-state index in [1.807, 2.05) is 32.3 Å². The van der Waals surface area contributed by atoms with Gasteiger partial charge in [0.05, 0.1) is 0 Å². The maximum Gasteiger partial charge on any atom is 0.183 e. The molecule has 0 amide bonds. The van der Waals surface area contributed by atoms with E-state index >= 15 is 0 Å². The van der Waals surface area contributed by atoms with Crippen molar-refractivity contribution in [2.45, 2.75) is 0 Å². The van der Waals surface area contributed by atoms with Gasteiger partial charge in [-0.15, -0.1) is 0 Å². The van der Waals surface area contributed by atoms with E-state index < -0.39 is 0 Å². The third-order valence-electron chi connectivity index (χ3n) is 1.33. The highest BCUT2D eigenvalue weighted by molar-refractivity contribution is 7.23. The van der Waals surface area contributed by atoms with Crippen molar-refractivity contribution in [3.63, 3.8) is 0 Å². The topological polar surface area (TPSA) is 40.5 Å². The molecule has 13 heavy (non-hydrogen) atoms. The highest BCUT2D eigenvalue weighted by Crippen LogP contribution is 2.07. The summed E-state index contributed by atoms with van der Waals surface area (Å²) in [5.74, 6) is 0. The molecule has 0 radical (unpaired) electrons. The van der Waals surface area contributed by atoms with Crippen LogP contribution in [-0.4, -0.2) is 25.5 Å². The van der Waals surface area contributed by atoms with Crippen molar-refractivity contribution in [3.05, 3.63) is 30.3 Å². The molecule has 0 aliphatic carbocycles. The van der Waals surface area contributed by atoms with Gasteiger partial charge >= 0.3 is 0 Å². The van der Waals surface area contributed by atoms with Gasteiger partial charge in [-0.05, 0) is 12.1 Å². The van der Waals surface area contributed by atoms with Gasteiger partial charge in [-0.1, -0.05) is 18.2 Å². The Bertz CT molecular complexity index is 226. The zero-order valence-corrected chi connectivity index (χ0v) is 8.74. The van der Waals surface area contributed by atoms with Crippen molar-refractivity contribution in [2.75, 3.05) is 25.3 Å². The zero-order valence-electron chi connectivity index (χ0n) is 7.84. The molecule has 72 valence electrons. The maximum absolute atomic E-state index is 9.02. The standard InChI is InChI=1S/C8H11N.CH3O2P/c1-9(2)8-6-4-3-5-7-8;2-1-4-3/h3-7H,1-2H3;2H,1H2. The molecule has 0 spiro atoms. The molecule has 1 aromatic carbocycles. The van der Waals surface area contributed by atoms with Gasteiger partial charge in [-0.25, -0.2) is 0 Å². The third-order valence-corrected chi connectivity index (χ3v) is 1.45. The Kier molecular flexibility index (Phi) is 7.17. The van der Waals surface area contributed by atoms with Crippen molar-refractivity contribution in [2.24, 2.45) is 0 Å². The van der Waals surface area contributed by atoms with Crippen LogP contribution in [0.5, 0.6) is 0 Å². The van der Waals surface area contributed by atoms with Crippen LogP contribution < -0.4 is 4.90 Å². The molecule has 0 aliphatic rings. The predicted octanol–water partition coefficient (Wildman–Crippen LogP) is 1.98. The summed E-state index contributed by atoms with van der Waals surface area (Å²) in [4.78, 5) is 2.08. The van der Waals surface area contributed by atoms with Crippen LogP contribution in [0, 0.1) is 0 Å². The molecular weight excluding hydrogens is 185 g/mol. The van der Waals surface area contributed by atoms with Crippen LogP contribution in [0.3, 0.4) is 0 Å². The number of rotatable bonds is 2. The Morgan fingerprint density at radius 3 is 2.00 bits per heavy atom. The third kappa shape index (κ3) is 6.26. The van der Waals surface area contributed by atoms with Gasteiger partial charge in [-0.3, -0.25) is 4.57 Å². The first-order valence-corrected chi connectivity index (χ1v) is 4.84. The molecule has 0 saturated carbocycles. The molecule has 0 aromatic heterocycles. The molecule has 4 heteroatoms. The minimum Gasteiger partial charge on any atom is -0.384 e. The fraction of sp³-hybridized carbons (Fsp3) is 0.333. The van der Waals surface area contributed by atoms with Gasteiger partial charge in [0.1, 0.15) is 6.35 Å². The van der Waals surface area contributed by atoms with Gasteiger partial charge in [0.25, 0.3) is 0 Å². The molecule has 0 saturated heterocycles. The molecular formula is C9H14NO2P. The normalized spacial score (nSPS) is 8.85. The highest BCUT2D eigenvalue weighted by atomic mass is 31.1. The summed E-state index contributed by atoms with van der Waals surface area (Å²) in [6.07, 6.45) is -0.264. The van der Waals surface area contributed by atoms with Gasteiger partial charge in [0, 0.05) is 19.8 Å². The Morgan fingerprint density at radius 1 is 1.31 bits per heavy atom. The summed E-state index contributed by atoms with van der Waals surface area (Å²) in [6, 6.07) is 10.3. The van der Waals surface area contributed by atoms with Crippen molar-refractivity contribution >= 4 is 14.1 Å². The minimum atomic E-state index is -0.264. The lowest BCUT2D eigenvalue weighted by atomic mass is 10.3. The van der Waals surface area contributed by atoms with E-state index in [1.54, 1.807) is 0 Å². The first-order chi connectivity index (χ1) is 6.22. The van der Waals surface area contributed by atoms with E-state index in [4.69, 9.17) is 9.67 Å². The van der Waals surface area contributed by atoms with E-state index in [1.165, 1.54) is 5.69 Å². The Hall–Kier alpha value is -0.920. The number of hydrogen-bond acceptors (Lipinski definition) is 3.